The van der Waals surface area contributed by atoms with Crippen molar-refractivity contribution < 1.29 is 4.79 Å². The minimum absolute atomic E-state index is 0.174. The lowest BCUT2D eigenvalue weighted by molar-refractivity contribution is -0.117. The fourth-order valence-corrected chi connectivity index (χ4v) is 10.1. The largest absolute Gasteiger partial charge is 0.321 e. The monoisotopic (exact) mass is 316 g/mol. The molecule has 20 heavy (non-hydrogen) atoms. The molecule has 6 unspecified atom stereocenters. The van der Waals surface area contributed by atoms with Crippen LogP contribution in [0.3, 0.4) is 0 Å². The van der Waals surface area contributed by atoms with Crippen LogP contribution in [-0.4, -0.2) is 41.1 Å². The fourth-order valence-electron chi connectivity index (χ4n) is 4.22. The quantitative estimate of drug-likeness (QED) is 0.592. The summed E-state index contributed by atoms with van der Waals surface area (Å²) in [5.74, 6) is 0. The van der Waals surface area contributed by atoms with Gasteiger partial charge < -0.3 is 4.67 Å². The molecule has 116 valence electrons. The third-order valence-corrected chi connectivity index (χ3v) is 10.9. The molecule has 0 saturated carbocycles. The van der Waals surface area contributed by atoms with E-state index in [2.05, 4.69) is 58.0 Å². The van der Waals surface area contributed by atoms with Gasteiger partial charge in [-0.2, -0.15) is 0 Å². The van der Waals surface area contributed by atoms with E-state index in [0.29, 0.717) is 28.8 Å². The molecular formula is C15H30N2OP2. The SMILES string of the molecule is CC1CC(C)(C)C2C(PN1)C(C)(C)C(C)N(C=O)P2C. The van der Waals surface area contributed by atoms with Gasteiger partial charge >= 0.3 is 0 Å². The Morgan fingerprint density at radius 3 is 2.45 bits per heavy atom. The van der Waals surface area contributed by atoms with Crippen LogP contribution in [0.15, 0.2) is 0 Å². The van der Waals surface area contributed by atoms with Crippen LogP contribution in [0.5, 0.6) is 0 Å². The number of nitrogens with zero attached hydrogens (tertiary/aromatic N) is 1. The number of fused-ring (bicyclic) bond motifs is 1. The van der Waals surface area contributed by atoms with E-state index in [9.17, 15) is 4.79 Å². The number of nitrogens with one attached hydrogen (secondary N) is 1. The molecule has 1 amide bonds. The maximum atomic E-state index is 11.6. The zero-order valence-electron chi connectivity index (χ0n) is 13.9. The molecule has 2 aliphatic heterocycles. The van der Waals surface area contributed by atoms with Crippen molar-refractivity contribution in [2.24, 2.45) is 10.8 Å². The van der Waals surface area contributed by atoms with Gasteiger partial charge in [0.1, 0.15) is 0 Å². The topological polar surface area (TPSA) is 32.3 Å². The summed E-state index contributed by atoms with van der Waals surface area (Å²) in [4.78, 5) is 11.6. The second kappa shape index (κ2) is 5.49. The summed E-state index contributed by atoms with van der Waals surface area (Å²) in [6.45, 7) is 16.4. The number of carbonyl (C=O) groups is 1. The molecular weight excluding hydrogens is 286 g/mol. The molecule has 0 radical (unpaired) electrons. The maximum absolute atomic E-state index is 11.6. The van der Waals surface area contributed by atoms with E-state index in [0.717, 1.165) is 15.1 Å². The summed E-state index contributed by atoms with van der Waals surface area (Å²) in [5.41, 5.74) is 1.77. The highest BCUT2D eigenvalue weighted by Gasteiger charge is 2.55. The Labute approximate surface area is 127 Å². The van der Waals surface area contributed by atoms with E-state index >= 15 is 0 Å². The molecule has 0 aliphatic carbocycles. The molecule has 2 rings (SSSR count). The molecule has 3 nitrogen and oxygen atoms in total. The highest BCUT2D eigenvalue weighted by molar-refractivity contribution is 7.57. The molecule has 2 fully saturated rings. The van der Waals surface area contributed by atoms with Crippen molar-refractivity contribution in [2.45, 2.75) is 71.4 Å². The second-order valence-electron chi connectivity index (χ2n) is 7.86. The maximum Gasteiger partial charge on any atom is 0.213 e. The molecule has 0 bridgehead atoms. The highest BCUT2D eigenvalue weighted by Crippen LogP contribution is 2.65. The van der Waals surface area contributed by atoms with Crippen LogP contribution in [0, 0.1) is 10.8 Å². The van der Waals surface area contributed by atoms with Crippen molar-refractivity contribution in [3.05, 3.63) is 0 Å². The molecule has 1 N–H and O–H groups in total. The predicted molar refractivity (Wildman–Crippen MR) is 90.9 cm³/mol. The van der Waals surface area contributed by atoms with E-state index in [1.54, 1.807) is 0 Å². The average molecular weight is 316 g/mol. The molecule has 2 heterocycles. The Kier molecular flexibility index (Phi) is 4.57. The van der Waals surface area contributed by atoms with Gasteiger partial charge in [-0.1, -0.05) is 27.7 Å². The van der Waals surface area contributed by atoms with Crippen molar-refractivity contribution >= 4 is 23.2 Å². The van der Waals surface area contributed by atoms with E-state index in [1.165, 1.54) is 6.42 Å². The summed E-state index contributed by atoms with van der Waals surface area (Å²) in [7, 11) is 0.407. The van der Waals surface area contributed by atoms with Gasteiger partial charge in [-0.05, 0) is 54.6 Å². The molecule has 0 spiro atoms. The number of carbonyl (C=O) groups excluding carboxylic acids is 1. The molecule has 0 aromatic carbocycles. The lowest BCUT2D eigenvalue weighted by Gasteiger charge is -2.58. The van der Waals surface area contributed by atoms with E-state index in [1.807, 2.05) is 0 Å². The first-order chi connectivity index (χ1) is 9.13. The average Bonchev–Trinajstić information content (AvgIpc) is 2.43. The van der Waals surface area contributed by atoms with Gasteiger partial charge in [0.15, 0.2) is 0 Å². The van der Waals surface area contributed by atoms with Crippen molar-refractivity contribution in [3.63, 3.8) is 0 Å². The van der Waals surface area contributed by atoms with Gasteiger partial charge in [-0.15, -0.1) is 0 Å². The van der Waals surface area contributed by atoms with E-state index in [-0.39, 0.29) is 5.41 Å². The first kappa shape index (κ1) is 16.7. The van der Waals surface area contributed by atoms with Crippen LogP contribution in [0.25, 0.3) is 0 Å². The molecule has 0 aromatic heterocycles. The van der Waals surface area contributed by atoms with Crippen molar-refractivity contribution in [2.75, 3.05) is 6.66 Å². The Hall–Kier alpha value is 0.290. The minimum Gasteiger partial charge on any atom is -0.321 e. The minimum atomic E-state index is -0.402. The Balaban J connectivity index is 2.47. The second-order valence-corrected chi connectivity index (χ2v) is 11.2. The summed E-state index contributed by atoms with van der Waals surface area (Å²) >= 11 is 0. The molecule has 6 atom stereocenters. The smallest absolute Gasteiger partial charge is 0.213 e. The lowest BCUT2D eigenvalue weighted by Crippen LogP contribution is -2.58. The van der Waals surface area contributed by atoms with Crippen molar-refractivity contribution in [3.8, 4) is 0 Å². The highest BCUT2D eigenvalue weighted by atomic mass is 31.1. The van der Waals surface area contributed by atoms with E-state index in [4.69, 9.17) is 0 Å². The van der Waals surface area contributed by atoms with Gasteiger partial charge in [0.05, 0.1) is 0 Å². The molecule has 5 heteroatoms. The third-order valence-electron chi connectivity index (χ3n) is 5.58. The Morgan fingerprint density at radius 2 is 1.90 bits per heavy atom. The number of hydrogen-bond donors (Lipinski definition) is 1. The van der Waals surface area contributed by atoms with Gasteiger partial charge in [-0.3, -0.25) is 9.88 Å². The number of rotatable bonds is 1. The van der Waals surface area contributed by atoms with Gasteiger partial charge in [0, 0.05) is 23.4 Å². The van der Waals surface area contributed by atoms with Gasteiger partial charge in [-0.25, -0.2) is 0 Å². The number of hydrogen-bond acceptors (Lipinski definition) is 2. The number of amides is 1. The van der Waals surface area contributed by atoms with Crippen LogP contribution in [0.2, 0.25) is 0 Å². The van der Waals surface area contributed by atoms with Crippen LogP contribution in [-0.2, 0) is 4.79 Å². The fraction of sp³-hybridized carbons (Fsp3) is 0.933. The normalized spacial score (nSPS) is 44.8. The third kappa shape index (κ3) is 2.55. The predicted octanol–water partition coefficient (Wildman–Crippen LogP) is 3.64. The zero-order chi connectivity index (χ0) is 15.3. The molecule has 2 aliphatic rings. The van der Waals surface area contributed by atoms with E-state index < -0.39 is 8.07 Å². The summed E-state index contributed by atoms with van der Waals surface area (Å²) in [6, 6.07) is 0.906. The Morgan fingerprint density at radius 1 is 1.30 bits per heavy atom. The first-order valence-corrected chi connectivity index (χ1v) is 10.5. The lowest BCUT2D eigenvalue weighted by atomic mass is 9.72. The molecule has 2 saturated heterocycles. The Bertz CT molecular complexity index is 386. The first-order valence-electron chi connectivity index (χ1n) is 7.60. The standard InChI is InChI=1S/C15H30N2OP2/c1-10-8-14(3,4)13-12(19-16-10)15(5,6)11(2)17(9-18)20(13)7/h9-13,16,19H,8H2,1-7H3. The van der Waals surface area contributed by atoms with Crippen LogP contribution in [0.4, 0.5) is 0 Å². The van der Waals surface area contributed by atoms with Gasteiger partial charge in [0.2, 0.25) is 6.41 Å². The van der Waals surface area contributed by atoms with Gasteiger partial charge in [0.25, 0.3) is 0 Å². The van der Waals surface area contributed by atoms with Crippen LogP contribution < -0.4 is 5.09 Å². The summed E-state index contributed by atoms with van der Waals surface area (Å²) in [6.07, 6.45) is 2.31. The van der Waals surface area contributed by atoms with Crippen molar-refractivity contribution in [1.82, 2.24) is 9.76 Å². The zero-order valence-corrected chi connectivity index (χ0v) is 15.8. The van der Waals surface area contributed by atoms with Crippen LogP contribution in [0.1, 0.15) is 48.0 Å². The van der Waals surface area contributed by atoms with Crippen molar-refractivity contribution in [1.29, 1.82) is 0 Å². The molecule has 0 aromatic rings. The summed E-state index contributed by atoms with van der Waals surface area (Å²) in [5, 5.41) is 3.76. The van der Waals surface area contributed by atoms with Crippen LogP contribution >= 0.6 is 16.8 Å². The summed E-state index contributed by atoms with van der Waals surface area (Å²) < 4.78 is 2.14.